The monoisotopic (exact) mass is 329 g/mol. The van der Waals surface area contributed by atoms with Gasteiger partial charge >= 0.3 is 0 Å². The minimum atomic E-state index is 0.110. The molecule has 0 radical (unpaired) electrons. The minimum absolute atomic E-state index is 0.110. The number of carbonyl (C=O) groups excluding carboxylic acids is 1. The first kappa shape index (κ1) is 16.7. The average molecular weight is 329 g/mol. The van der Waals surface area contributed by atoms with E-state index in [2.05, 4.69) is 22.1 Å². The fraction of sp³-hybridized carbons (Fsp3) is 0.611. The maximum absolute atomic E-state index is 12.6. The highest BCUT2D eigenvalue weighted by Gasteiger charge is 2.20. The highest BCUT2D eigenvalue weighted by molar-refractivity contribution is 5.76. The lowest BCUT2D eigenvalue weighted by atomic mass is 10.1. The Morgan fingerprint density at radius 1 is 1.38 bits per heavy atom. The Morgan fingerprint density at radius 3 is 2.92 bits per heavy atom. The first-order chi connectivity index (χ1) is 11.6. The number of nitrogens with zero attached hydrogens (tertiary/aromatic N) is 4. The van der Waals surface area contributed by atoms with Crippen LogP contribution in [0.2, 0.25) is 0 Å². The number of nitrogens with one attached hydrogen (secondary N) is 1. The molecule has 0 spiro atoms. The summed E-state index contributed by atoms with van der Waals surface area (Å²) in [6.07, 6.45) is 10.1. The largest absolute Gasteiger partial charge is 0.340 e. The summed E-state index contributed by atoms with van der Waals surface area (Å²) in [7, 11) is 1.87. The number of rotatable bonds is 5. The van der Waals surface area contributed by atoms with E-state index < -0.39 is 0 Å². The van der Waals surface area contributed by atoms with Gasteiger partial charge in [0.2, 0.25) is 5.91 Å². The highest BCUT2D eigenvalue weighted by Crippen LogP contribution is 2.23. The molecule has 0 aliphatic heterocycles. The highest BCUT2D eigenvalue weighted by atomic mass is 16.2. The van der Waals surface area contributed by atoms with E-state index in [1.165, 1.54) is 30.5 Å². The zero-order chi connectivity index (χ0) is 17.1. The molecule has 2 aromatic rings. The summed E-state index contributed by atoms with van der Waals surface area (Å²) in [4.78, 5) is 18.6. The fourth-order valence-electron chi connectivity index (χ4n) is 3.53. The van der Waals surface area contributed by atoms with Gasteiger partial charge in [0.25, 0.3) is 0 Å². The molecule has 2 heterocycles. The normalized spacial score (nSPS) is 15.6. The smallest absolute Gasteiger partial charge is 0.224 e. The lowest BCUT2D eigenvalue weighted by Gasteiger charge is -2.20. The number of aromatic amines is 1. The van der Waals surface area contributed by atoms with Crippen LogP contribution in [-0.4, -0.2) is 37.6 Å². The summed E-state index contributed by atoms with van der Waals surface area (Å²) >= 11 is 0. The van der Waals surface area contributed by atoms with Crippen molar-refractivity contribution in [1.82, 2.24) is 24.6 Å². The molecular formula is C18H27N5O. The molecule has 0 aromatic carbocycles. The van der Waals surface area contributed by atoms with E-state index in [0.29, 0.717) is 13.0 Å². The number of aromatic nitrogens is 4. The van der Waals surface area contributed by atoms with Gasteiger partial charge in [-0.2, -0.15) is 5.10 Å². The van der Waals surface area contributed by atoms with Crippen molar-refractivity contribution >= 4 is 5.91 Å². The fourth-order valence-corrected chi connectivity index (χ4v) is 3.53. The van der Waals surface area contributed by atoms with Crippen LogP contribution in [0.15, 0.2) is 12.4 Å². The van der Waals surface area contributed by atoms with Crippen LogP contribution in [0.1, 0.15) is 61.4 Å². The van der Waals surface area contributed by atoms with Gasteiger partial charge in [0.1, 0.15) is 5.82 Å². The van der Waals surface area contributed by atoms with Crippen LogP contribution in [0.5, 0.6) is 0 Å². The van der Waals surface area contributed by atoms with E-state index in [0.717, 1.165) is 24.4 Å². The number of hydrogen-bond donors (Lipinski definition) is 1. The maximum atomic E-state index is 12.6. The first-order valence-electron chi connectivity index (χ1n) is 8.84. The minimum Gasteiger partial charge on any atom is -0.340 e. The van der Waals surface area contributed by atoms with Crippen molar-refractivity contribution in [2.75, 3.05) is 7.05 Å². The van der Waals surface area contributed by atoms with Crippen LogP contribution in [0.3, 0.4) is 0 Å². The van der Waals surface area contributed by atoms with Crippen molar-refractivity contribution in [3.8, 4) is 0 Å². The molecule has 0 unspecified atom stereocenters. The molecule has 1 aliphatic carbocycles. The predicted molar refractivity (Wildman–Crippen MR) is 92.6 cm³/mol. The second-order valence-corrected chi connectivity index (χ2v) is 6.87. The molecule has 3 rings (SSSR count). The molecular weight excluding hydrogens is 302 g/mol. The summed E-state index contributed by atoms with van der Waals surface area (Å²) in [6.45, 7) is 4.60. The van der Waals surface area contributed by atoms with E-state index in [-0.39, 0.29) is 11.9 Å². The number of fused-ring (bicyclic) bond motifs is 1. The first-order valence-corrected chi connectivity index (χ1v) is 8.84. The van der Waals surface area contributed by atoms with Crippen molar-refractivity contribution in [2.24, 2.45) is 0 Å². The lowest BCUT2D eigenvalue weighted by Crippen LogP contribution is -2.28. The van der Waals surface area contributed by atoms with Gasteiger partial charge in [-0.25, -0.2) is 4.98 Å². The van der Waals surface area contributed by atoms with Gasteiger partial charge in [-0.3, -0.25) is 9.89 Å². The van der Waals surface area contributed by atoms with Gasteiger partial charge in [0.05, 0.1) is 12.2 Å². The third kappa shape index (κ3) is 3.52. The van der Waals surface area contributed by atoms with Gasteiger partial charge in [0, 0.05) is 37.6 Å². The van der Waals surface area contributed by atoms with E-state index in [1.807, 2.05) is 24.7 Å². The van der Waals surface area contributed by atoms with Gasteiger partial charge in [0.15, 0.2) is 0 Å². The second kappa shape index (κ2) is 7.20. The number of H-pyrrole nitrogens is 1. The summed E-state index contributed by atoms with van der Waals surface area (Å²) in [5, 5.41) is 7.65. The molecule has 6 nitrogen and oxygen atoms in total. The third-order valence-electron chi connectivity index (χ3n) is 5.01. The van der Waals surface area contributed by atoms with Crippen molar-refractivity contribution in [3.05, 3.63) is 35.2 Å². The molecule has 2 aromatic heterocycles. The van der Waals surface area contributed by atoms with Crippen molar-refractivity contribution < 1.29 is 4.79 Å². The van der Waals surface area contributed by atoms with Gasteiger partial charge in [-0.05, 0) is 45.1 Å². The molecule has 1 atom stereocenters. The van der Waals surface area contributed by atoms with E-state index in [4.69, 9.17) is 0 Å². The standard InChI is InChI=1S/C18H27N5O/c1-13(23-10-9-19-14(23)2)11-18(24)22(3)12-17-15-7-5-4-6-8-16(15)20-21-17/h9-10,13H,4-8,11-12H2,1-3H3,(H,20,21)/t13-/m0/s1. The number of hydrogen-bond acceptors (Lipinski definition) is 3. The third-order valence-corrected chi connectivity index (χ3v) is 5.01. The van der Waals surface area contributed by atoms with Crippen LogP contribution in [0, 0.1) is 6.92 Å². The molecule has 0 fully saturated rings. The molecule has 130 valence electrons. The number of amides is 1. The molecule has 0 saturated carbocycles. The van der Waals surface area contributed by atoms with Crippen LogP contribution in [0.25, 0.3) is 0 Å². The van der Waals surface area contributed by atoms with E-state index in [9.17, 15) is 4.79 Å². The van der Waals surface area contributed by atoms with Crippen LogP contribution in [-0.2, 0) is 24.2 Å². The van der Waals surface area contributed by atoms with Crippen LogP contribution in [0.4, 0.5) is 0 Å². The Balaban J connectivity index is 1.62. The zero-order valence-corrected chi connectivity index (χ0v) is 14.9. The molecule has 24 heavy (non-hydrogen) atoms. The van der Waals surface area contributed by atoms with Gasteiger partial charge in [-0.1, -0.05) is 6.42 Å². The Labute approximate surface area is 143 Å². The summed E-state index contributed by atoms with van der Waals surface area (Å²) in [5.41, 5.74) is 3.64. The second-order valence-electron chi connectivity index (χ2n) is 6.87. The SMILES string of the molecule is Cc1nccn1[C@@H](C)CC(=O)N(C)Cc1n[nH]c2c1CCCCC2. The summed E-state index contributed by atoms with van der Waals surface area (Å²) in [5.74, 6) is 1.08. The molecule has 6 heteroatoms. The van der Waals surface area contributed by atoms with Crippen molar-refractivity contribution in [3.63, 3.8) is 0 Å². The number of imidazole rings is 1. The van der Waals surface area contributed by atoms with Crippen LogP contribution < -0.4 is 0 Å². The zero-order valence-electron chi connectivity index (χ0n) is 14.9. The van der Waals surface area contributed by atoms with Gasteiger partial charge in [-0.15, -0.1) is 0 Å². The number of carbonyl (C=O) groups is 1. The molecule has 1 N–H and O–H groups in total. The quantitative estimate of drug-likeness (QED) is 0.858. The molecule has 0 saturated heterocycles. The van der Waals surface area contributed by atoms with Gasteiger partial charge < -0.3 is 9.47 Å². The molecule has 1 aliphatic rings. The molecule has 0 bridgehead atoms. The Kier molecular flexibility index (Phi) is 5.02. The maximum Gasteiger partial charge on any atom is 0.224 e. The van der Waals surface area contributed by atoms with E-state index in [1.54, 1.807) is 11.1 Å². The average Bonchev–Trinajstić information content (AvgIpc) is 3.06. The Bertz CT molecular complexity index is 702. The topological polar surface area (TPSA) is 66.8 Å². The summed E-state index contributed by atoms with van der Waals surface area (Å²) < 4.78 is 2.05. The predicted octanol–water partition coefficient (Wildman–Crippen LogP) is 2.79. The molecule has 1 amide bonds. The number of aryl methyl sites for hydroxylation is 2. The van der Waals surface area contributed by atoms with E-state index >= 15 is 0 Å². The van der Waals surface area contributed by atoms with Crippen LogP contribution >= 0.6 is 0 Å². The lowest BCUT2D eigenvalue weighted by molar-refractivity contribution is -0.131. The van der Waals surface area contributed by atoms with Crippen molar-refractivity contribution in [2.45, 2.75) is 65.0 Å². The van der Waals surface area contributed by atoms with Crippen molar-refractivity contribution in [1.29, 1.82) is 0 Å². The Morgan fingerprint density at radius 2 is 2.17 bits per heavy atom. The summed E-state index contributed by atoms with van der Waals surface area (Å²) in [6, 6.07) is 0.110. The Hall–Kier alpha value is -2.11.